The monoisotopic (exact) mass is 442 g/mol. The number of likely N-dealkylation sites (N-methyl/N-ethyl adjacent to an activating group) is 1. The molecule has 0 aromatic heterocycles. The Morgan fingerprint density at radius 1 is 1.25 bits per heavy atom. The number of carbonyl (C=O) groups is 2. The smallest absolute Gasteiger partial charge is 0.344 e. The first-order valence-electron chi connectivity index (χ1n) is 11.4. The van der Waals surface area contributed by atoms with Gasteiger partial charge in [-0.05, 0) is 30.9 Å². The second-order valence-corrected chi connectivity index (χ2v) is 9.96. The predicted octanol–water partition coefficient (Wildman–Crippen LogP) is 1.84. The van der Waals surface area contributed by atoms with Crippen molar-refractivity contribution in [3.05, 3.63) is 23.8 Å². The van der Waals surface area contributed by atoms with E-state index >= 15 is 0 Å². The van der Waals surface area contributed by atoms with Gasteiger partial charge in [0.2, 0.25) is 5.60 Å². The molecule has 6 rings (SSSR count). The molecule has 8 heteroatoms. The maximum absolute atomic E-state index is 13.7. The zero-order valence-electron chi connectivity index (χ0n) is 19.2. The SMILES string of the molecule is CC[C@]12C[C@@H]3O[C@](C(=O)OC)([C@@H]1OC(C)=O)[C@@H]1N(C)c4cc(OC)ccc4[C@@]14CCN3[C@@H]24. The molecule has 1 spiro atoms. The van der Waals surface area contributed by atoms with Crippen LogP contribution in [0.5, 0.6) is 5.75 Å². The molecule has 0 radical (unpaired) electrons. The van der Waals surface area contributed by atoms with E-state index in [4.69, 9.17) is 18.9 Å². The van der Waals surface area contributed by atoms with E-state index in [0.717, 1.165) is 37.2 Å². The van der Waals surface area contributed by atoms with Gasteiger partial charge < -0.3 is 23.8 Å². The van der Waals surface area contributed by atoms with Gasteiger partial charge in [0.1, 0.15) is 12.0 Å². The van der Waals surface area contributed by atoms with E-state index in [9.17, 15) is 9.59 Å². The van der Waals surface area contributed by atoms with Crippen molar-refractivity contribution in [1.82, 2.24) is 4.90 Å². The average molecular weight is 443 g/mol. The van der Waals surface area contributed by atoms with E-state index < -0.39 is 29.1 Å². The van der Waals surface area contributed by atoms with Gasteiger partial charge in [-0.1, -0.05) is 13.0 Å². The van der Waals surface area contributed by atoms with E-state index in [2.05, 4.69) is 22.8 Å². The van der Waals surface area contributed by atoms with E-state index in [1.807, 2.05) is 19.2 Å². The van der Waals surface area contributed by atoms with Gasteiger partial charge in [-0.15, -0.1) is 0 Å². The highest BCUT2D eigenvalue weighted by atomic mass is 16.6. The molecule has 1 aromatic rings. The first-order valence-corrected chi connectivity index (χ1v) is 11.4. The minimum absolute atomic E-state index is 0.108. The fraction of sp³-hybridized carbons (Fsp3) is 0.667. The zero-order valence-corrected chi connectivity index (χ0v) is 19.2. The summed E-state index contributed by atoms with van der Waals surface area (Å²) in [6.45, 7) is 4.44. The Bertz CT molecular complexity index is 1030. The van der Waals surface area contributed by atoms with Crippen molar-refractivity contribution in [2.75, 3.05) is 32.7 Å². The minimum atomic E-state index is -1.41. The van der Waals surface area contributed by atoms with Gasteiger partial charge in [0, 0.05) is 49.1 Å². The number of hydrogen-bond donors (Lipinski definition) is 0. The second kappa shape index (κ2) is 6.17. The fourth-order valence-corrected chi connectivity index (χ4v) is 8.38. The fourth-order valence-electron chi connectivity index (χ4n) is 8.38. The summed E-state index contributed by atoms with van der Waals surface area (Å²) in [6.07, 6.45) is 1.54. The first-order chi connectivity index (χ1) is 15.3. The Kier molecular flexibility index (Phi) is 3.91. The number of fused-ring (bicyclic) bond motifs is 5. The Morgan fingerprint density at radius 3 is 2.69 bits per heavy atom. The molecule has 4 fully saturated rings. The molecule has 3 bridgehead atoms. The molecule has 3 saturated heterocycles. The van der Waals surface area contributed by atoms with Crippen LogP contribution in [0.1, 0.15) is 38.7 Å². The topological polar surface area (TPSA) is 77.5 Å². The summed E-state index contributed by atoms with van der Waals surface area (Å²) < 4.78 is 23.7. The molecule has 1 saturated carbocycles. The highest BCUT2D eigenvalue weighted by Crippen LogP contribution is 2.73. The molecule has 32 heavy (non-hydrogen) atoms. The standard InChI is InChI=1S/C24H30N2O6/c1-6-22-12-17-26-10-9-23(18(22)26)15-8-7-14(29-4)11-16(15)25(3)19(23)24(32-17,21(28)30-5)20(22)31-13(2)27/h7-8,11,17-20H,6,9-10,12H2,1-5H3/t17-,18-,19+,20+,22+,23+,24-/m0/s1. The summed E-state index contributed by atoms with van der Waals surface area (Å²) in [5.74, 6) is -0.0962. The molecule has 172 valence electrons. The van der Waals surface area contributed by atoms with Crippen molar-refractivity contribution in [2.24, 2.45) is 5.41 Å². The average Bonchev–Trinajstić information content (AvgIpc) is 3.36. The molecule has 4 aliphatic heterocycles. The molecule has 4 heterocycles. The molecule has 0 amide bonds. The zero-order chi connectivity index (χ0) is 22.6. The summed E-state index contributed by atoms with van der Waals surface area (Å²) in [5, 5.41) is 0. The number of rotatable bonds is 4. The lowest BCUT2D eigenvalue weighted by Crippen LogP contribution is -2.81. The summed E-state index contributed by atoms with van der Waals surface area (Å²) in [5.41, 5.74) is 0.121. The van der Waals surface area contributed by atoms with E-state index in [1.165, 1.54) is 19.6 Å². The molecule has 0 N–H and O–H groups in total. The third kappa shape index (κ3) is 1.91. The highest BCUT2D eigenvalue weighted by molar-refractivity contribution is 5.87. The number of esters is 2. The van der Waals surface area contributed by atoms with Crippen molar-refractivity contribution in [3.63, 3.8) is 0 Å². The Labute approximate surface area is 187 Å². The molecule has 5 aliphatic rings. The number of ether oxygens (including phenoxy) is 4. The van der Waals surface area contributed by atoms with Crippen LogP contribution >= 0.6 is 0 Å². The Hall–Kier alpha value is -2.32. The van der Waals surface area contributed by atoms with Gasteiger partial charge in [-0.3, -0.25) is 9.69 Å². The molecule has 1 aliphatic carbocycles. The number of methoxy groups -OCH3 is 2. The molecule has 7 atom stereocenters. The van der Waals surface area contributed by atoms with Crippen LogP contribution in [0.4, 0.5) is 5.69 Å². The summed E-state index contributed by atoms with van der Waals surface area (Å²) in [6, 6.07) is 5.95. The van der Waals surface area contributed by atoms with E-state index in [-0.39, 0.29) is 23.7 Å². The van der Waals surface area contributed by atoms with Crippen LogP contribution in [0.25, 0.3) is 0 Å². The summed E-state index contributed by atoms with van der Waals surface area (Å²) >= 11 is 0. The van der Waals surface area contributed by atoms with Crippen LogP contribution in [0.15, 0.2) is 18.2 Å². The van der Waals surface area contributed by atoms with Gasteiger partial charge in [0.05, 0.1) is 20.3 Å². The second-order valence-electron chi connectivity index (χ2n) is 9.96. The van der Waals surface area contributed by atoms with Crippen LogP contribution in [-0.2, 0) is 29.2 Å². The quantitative estimate of drug-likeness (QED) is 0.654. The molecule has 8 nitrogen and oxygen atoms in total. The lowest BCUT2D eigenvalue weighted by molar-refractivity contribution is -0.268. The van der Waals surface area contributed by atoms with Gasteiger partial charge in [0.25, 0.3) is 0 Å². The van der Waals surface area contributed by atoms with Crippen molar-refractivity contribution >= 4 is 17.6 Å². The van der Waals surface area contributed by atoms with Crippen LogP contribution in [0.2, 0.25) is 0 Å². The van der Waals surface area contributed by atoms with Gasteiger partial charge >= 0.3 is 11.9 Å². The Morgan fingerprint density at radius 2 is 2.03 bits per heavy atom. The highest BCUT2D eigenvalue weighted by Gasteiger charge is 2.87. The summed E-state index contributed by atoms with van der Waals surface area (Å²) in [7, 11) is 5.05. The maximum atomic E-state index is 13.7. The van der Waals surface area contributed by atoms with Gasteiger partial charge in [-0.2, -0.15) is 0 Å². The van der Waals surface area contributed by atoms with Crippen LogP contribution in [-0.4, -0.2) is 74.7 Å². The lowest BCUT2D eigenvalue weighted by Gasteiger charge is -2.62. The van der Waals surface area contributed by atoms with E-state index in [0.29, 0.717) is 0 Å². The lowest BCUT2D eigenvalue weighted by atomic mass is 9.48. The van der Waals surface area contributed by atoms with Crippen LogP contribution < -0.4 is 9.64 Å². The number of benzene rings is 1. The number of carbonyl (C=O) groups excluding carboxylic acids is 2. The number of anilines is 1. The van der Waals surface area contributed by atoms with E-state index in [1.54, 1.807) is 7.11 Å². The van der Waals surface area contributed by atoms with Crippen molar-refractivity contribution in [1.29, 1.82) is 0 Å². The van der Waals surface area contributed by atoms with Gasteiger partial charge in [-0.25, -0.2) is 4.79 Å². The molecule has 0 unspecified atom stereocenters. The molecule has 1 aromatic carbocycles. The third-order valence-corrected chi connectivity index (χ3v) is 9.13. The maximum Gasteiger partial charge on any atom is 0.344 e. The van der Waals surface area contributed by atoms with Gasteiger partial charge in [0.15, 0.2) is 6.10 Å². The van der Waals surface area contributed by atoms with Crippen LogP contribution in [0.3, 0.4) is 0 Å². The number of nitrogens with zero attached hydrogens (tertiary/aromatic N) is 2. The molecular weight excluding hydrogens is 412 g/mol. The Balaban J connectivity index is 1.68. The predicted molar refractivity (Wildman–Crippen MR) is 114 cm³/mol. The van der Waals surface area contributed by atoms with Crippen molar-refractivity contribution in [2.45, 2.75) is 68.5 Å². The summed E-state index contributed by atoms with van der Waals surface area (Å²) in [4.78, 5) is 30.7. The van der Waals surface area contributed by atoms with Crippen molar-refractivity contribution in [3.8, 4) is 5.75 Å². The first kappa shape index (κ1) is 20.3. The van der Waals surface area contributed by atoms with Crippen LogP contribution in [0, 0.1) is 5.41 Å². The normalized spacial score (nSPS) is 42.6. The third-order valence-electron chi connectivity index (χ3n) is 9.13. The largest absolute Gasteiger partial charge is 0.497 e. The van der Waals surface area contributed by atoms with Crippen molar-refractivity contribution < 1.29 is 28.5 Å². The number of hydrogen-bond acceptors (Lipinski definition) is 8. The minimum Gasteiger partial charge on any atom is -0.497 e. The molecular formula is C24H30N2O6.